The Balaban J connectivity index is 1.91. The van der Waals surface area contributed by atoms with Gasteiger partial charge in [-0.05, 0) is 52.9 Å². The molecule has 2 rings (SSSR count). The maximum Gasteiger partial charge on any atom is 0.407 e. The Kier molecular flexibility index (Phi) is 10.2. The van der Waals surface area contributed by atoms with Crippen LogP contribution >= 0.6 is 0 Å². The van der Waals surface area contributed by atoms with Crippen LogP contribution in [-0.2, 0) is 14.3 Å². The van der Waals surface area contributed by atoms with Crippen LogP contribution in [0.15, 0.2) is 12.1 Å². The highest BCUT2D eigenvalue weighted by Crippen LogP contribution is 2.25. The van der Waals surface area contributed by atoms with Crippen LogP contribution in [0.5, 0.6) is 5.75 Å². The molecule has 1 aliphatic rings. The summed E-state index contributed by atoms with van der Waals surface area (Å²) in [5.41, 5.74) is -0.615. The van der Waals surface area contributed by atoms with Gasteiger partial charge in [-0.1, -0.05) is 12.8 Å². The van der Waals surface area contributed by atoms with E-state index in [9.17, 15) is 27.6 Å². The second-order valence-corrected chi connectivity index (χ2v) is 9.42. The highest BCUT2D eigenvalue weighted by atomic mass is 19.2. The highest BCUT2D eigenvalue weighted by Gasteiger charge is 2.28. The number of amides is 2. The monoisotopic (exact) mass is 486 g/mol. The molecule has 2 N–H and O–H groups in total. The fraction of sp³-hybridized carbons (Fsp3) is 0.625. The number of alkyl carbamates (subject to hydrolysis) is 1. The van der Waals surface area contributed by atoms with Crippen LogP contribution in [0.25, 0.3) is 0 Å². The van der Waals surface area contributed by atoms with Gasteiger partial charge >= 0.3 is 6.09 Å². The fourth-order valence-electron chi connectivity index (χ4n) is 3.66. The van der Waals surface area contributed by atoms with Crippen LogP contribution in [0.1, 0.15) is 65.7 Å². The first kappa shape index (κ1) is 27.5. The zero-order chi connectivity index (χ0) is 25.3. The molecule has 0 saturated heterocycles. The summed E-state index contributed by atoms with van der Waals surface area (Å²) in [4.78, 5) is 37.0. The van der Waals surface area contributed by atoms with Gasteiger partial charge in [0.25, 0.3) is 0 Å². The lowest BCUT2D eigenvalue weighted by Crippen LogP contribution is -2.45. The number of hydrogen-bond acceptors (Lipinski definition) is 5. The minimum atomic E-state index is -1.42. The molecule has 1 aliphatic carbocycles. The van der Waals surface area contributed by atoms with Crippen LogP contribution in [0.2, 0.25) is 0 Å². The third-order valence-electron chi connectivity index (χ3n) is 5.35. The zero-order valence-corrected chi connectivity index (χ0v) is 19.8. The van der Waals surface area contributed by atoms with E-state index in [1.165, 1.54) is 0 Å². The minimum absolute atomic E-state index is 0.167. The number of carbonyl (C=O) groups is 3. The molecule has 0 bridgehead atoms. The van der Waals surface area contributed by atoms with Gasteiger partial charge in [0.2, 0.25) is 11.7 Å². The van der Waals surface area contributed by atoms with Crippen molar-refractivity contribution in [2.75, 3.05) is 13.2 Å². The Hall–Kier alpha value is -2.78. The van der Waals surface area contributed by atoms with Crippen LogP contribution in [0.3, 0.4) is 0 Å². The predicted molar refractivity (Wildman–Crippen MR) is 119 cm³/mol. The number of benzene rings is 1. The highest BCUT2D eigenvalue weighted by molar-refractivity contribution is 5.90. The van der Waals surface area contributed by atoms with E-state index < -0.39 is 53.3 Å². The van der Waals surface area contributed by atoms with Gasteiger partial charge < -0.3 is 20.1 Å². The summed E-state index contributed by atoms with van der Waals surface area (Å²) in [6, 6.07) is 0.121. The Bertz CT molecular complexity index is 867. The number of nitrogens with one attached hydrogen (secondary N) is 2. The van der Waals surface area contributed by atoms with Gasteiger partial charge in [0, 0.05) is 24.6 Å². The molecule has 1 fully saturated rings. The lowest BCUT2D eigenvalue weighted by Gasteiger charge is -2.21. The maximum atomic E-state index is 13.8. The summed E-state index contributed by atoms with van der Waals surface area (Å²) < 4.78 is 50.7. The maximum absolute atomic E-state index is 13.8. The number of halogens is 3. The average molecular weight is 487 g/mol. The van der Waals surface area contributed by atoms with Crippen LogP contribution in [0.4, 0.5) is 18.0 Å². The number of rotatable bonds is 11. The molecule has 0 radical (unpaired) electrons. The minimum Gasteiger partial charge on any atom is -0.482 e. The molecule has 2 amide bonds. The van der Waals surface area contributed by atoms with E-state index in [1.807, 2.05) is 0 Å². The first-order valence-electron chi connectivity index (χ1n) is 11.5. The number of carbonyl (C=O) groups excluding carboxylic acids is 3. The number of unbranched alkanes of at least 4 members (excludes halogenated alkanes) is 1. The van der Waals surface area contributed by atoms with Crippen molar-refractivity contribution in [3.05, 3.63) is 29.6 Å². The van der Waals surface area contributed by atoms with Gasteiger partial charge in [-0.3, -0.25) is 9.59 Å². The molecule has 7 nitrogen and oxygen atoms in total. The molecule has 0 heterocycles. The summed E-state index contributed by atoms with van der Waals surface area (Å²) in [5, 5.41) is 5.36. The van der Waals surface area contributed by atoms with Gasteiger partial charge in [-0.25, -0.2) is 13.6 Å². The number of ketones is 1. The molecule has 1 atom stereocenters. The summed E-state index contributed by atoms with van der Waals surface area (Å²) in [7, 11) is 0. The van der Waals surface area contributed by atoms with Crippen molar-refractivity contribution in [3.63, 3.8) is 0 Å². The van der Waals surface area contributed by atoms with E-state index in [0.29, 0.717) is 31.5 Å². The van der Waals surface area contributed by atoms with E-state index >= 15 is 0 Å². The summed E-state index contributed by atoms with van der Waals surface area (Å²) >= 11 is 0. The second-order valence-electron chi connectivity index (χ2n) is 9.42. The first-order chi connectivity index (χ1) is 16.0. The number of ether oxygens (including phenoxy) is 2. The lowest BCUT2D eigenvalue weighted by molar-refractivity contribution is -0.131. The molecule has 0 aliphatic heterocycles. The summed E-state index contributed by atoms with van der Waals surface area (Å²) in [6.45, 7) is 4.91. The molecule has 1 aromatic rings. The van der Waals surface area contributed by atoms with E-state index in [2.05, 4.69) is 10.6 Å². The quantitative estimate of drug-likeness (QED) is 0.357. The van der Waals surface area contributed by atoms with Gasteiger partial charge in [-0.2, -0.15) is 4.39 Å². The molecule has 1 aromatic carbocycles. The molecular formula is C24H33F3N2O5. The van der Waals surface area contributed by atoms with Crippen molar-refractivity contribution in [1.82, 2.24) is 10.6 Å². The Morgan fingerprint density at radius 2 is 1.76 bits per heavy atom. The Labute approximate surface area is 197 Å². The predicted octanol–water partition coefficient (Wildman–Crippen LogP) is 4.42. The molecule has 34 heavy (non-hydrogen) atoms. The smallest absolute Gasteiger partial charge is 0.407 e. The zero-order valence-electron chi connectivity index (χ0n) is 19.8. The van der Waals surface area contributed by atoms with Crippen LogP contribution in [0, 0.1) is 23.4 Å². The van der Waals surface area contributed by atoms with Crippen molar-refractivity contribution in [1.29, 1.82) is 0 Å². The standard InChI is InChI=1S/C24H33F3N2O5/c1-24(2,3)34-23(32)28-11-7-6-10-18(29-22(31)15-8-4-5-9-15)19(30)14-33-20-13-16(25)12-17(26)21(20)27/h12-13,15,18H,4-11,14H2,1-3H3,(H,28,32)(H,29,31)/t18-/m0/s1. The number of Topliss-reactive ketones (excluding diaryl/α,β-unsaturated/α-hetero) is 1. The Morgan fingerprint density at radius 3 is 2.41 bits per heavy atom. The Morgan fingerprint density at radius 1 is 1.09 bits per heavy atom. The molecule has 0 aromatic heterocycles. The van der Waals surface area contributed by atoms with Crippen molar-refractivity contribution in [3.8, 4) is 5.75 Å². The SMILES string of the molecule is CC(C)(C)OC(=O)NCCCC[C@H](NC(=O)C1CCCC1)C(=O)COc1cc(F)cc(F)c1F. The molecule has 1 saturated carbocycles. The van der Waals surface area contributed by atoms with E-state index in [0.717, 1.165) is 25.7 Å². The fourth-order valence-corrected chi connectivity index (χ4v) is 3.66. The van der Waals surface area contributed by atoms with E-state index in [4.69, 9.17) is 9.47 Å². The normalized spacial score (nSPS) is 15.0. The molecule has 0 spiro atoms. The molecule has 0 unspecified atom stereocenters. The number of hydrogen-bond donors (Lipinski definition) is 2. The van der Waals surface area contributed by atoms with Gasteiger partial charge in [0.05, 0.1) is 6.04 Å². The molecule has 10 heteroatoms. The summed E-state index contributed by atoms with van der Waals surface area (Å²) in [5.74, 6) is -5.51. The van der Waals surface area contributed by atoms with Crippen molar-refractivity contribution >= 4 is 17.8 Å². The van der Waals surface area contributed by atoms with Crippen LogP contribution in [-0.4, -0.2) is 42.6 Å². The third-order valence-corrected chi connectivity index (χ3v) is 5.35. The van der Waals surface area contributed by atoms with Crippen LogP contribution < -0.4 is 15.4 Å². The topological polar surface area (TPSA) is 93.7 Å². The van der Waals surface area contributed by atoms with Gasteiger partial charge in [0.1, 0.15) is 18.0 Å². The summed E-state index contributed by atoms with van der Waals surface area (Å²) in [6.07, 6.45) is 4.10. The molecular weight excluding hydrogens is 453 g/mol. The molecule has 190 valence electrons. The lowest BCUT2D eigenvalue weighted by atomic mass is 10.0. The van der Waals surface area contributed by atoms with E-state index in [-0.39, 0.29) is 18.2 Å². The van der Waals surface area contributed by atoms with Crippen molar-refractivity contribution in [2.45, 2.75) is 77.4 Å². The van der Waals surface area contributed by atoms with E-state index in [1.54, 1.807) is 20.8 Å². The van der Waals surface area contributed by atoms with Gasteiger partial charge in [-0.15, -0.1) is 0 Å². The largest absolute Gasteiger partial charge is 0.482 e. The second kappa shape index (κ2) is 12.6. The average Bonchev–Trinajstić information content (AvgIpc) is 3.27. The first-order valence-corrected chi connectivity index (χ1v) is 11.5. The third kappa shape index (κ3) is 9.23. The van der Waals surface area contributed by atoms with Gasteiger partial charge in [0.15, 0.2) is 17.3 Å². The van der Waals surface area contributed by atoms with Crippen molar-refractivity contribution in [2.24, 2.45) is 5.92 Å². The van der Waals surface area contributed by atoms with Crippen molar-refractivity contribution < 1.29 is 37.0 Å².